The van der Waals surface area contributed by atoms with Crippen LogP contribution in [0.3, 0.4) is 0 Å². The molecule has 0 bridgehead atoms. The Labute approximate surface area is 167 Å². The fourth-order valence-electron chi connectivity index (χ4n) is 2.69. The van der Waals surface area contributed by atoms with Crippen LogP contribution < -0.4 is 10.6 Å². The van der Waals surface area contributed by atoms with Gasteiger partial charge in [-0.1, -0.05) is 31.4 Å². The van der Waals surface area contributed by atoms with Gasteiger partial charge >= 0.3 is 12.0 Å². The summed E-state index contributed by atoms with van der Waals surface area (Å²) in [7, 11) is 0. The van der Waals surface area contributed by atoms with E-state index in [0.29, 0.717) is 11.4 Å². The fraction of sp³-hybridized carbons (Fsp3) is 0.500. The molecule has 1 aliphatic heterocycles. The highest BCUT2D eigenvalue weighted by Gasteiger charge is 2.48. The lowest BCUT2D eigenvalue weighted by Crippen LogP contribution is -2.44. The highest BCUT2D eigenvalue weighted by Crippen LogP contribution is 2.23. The van der Waals surface area contributed by atoms with Crippen LogP contribution in [0.15, 0.2) is 18.3 Å². The summed E-state index contributed by atoms with van der Waals surface area (Å²) in [5.74, 6) is -1.70. The molecule has 0 radical (unpaired) electrons. The van der Waals surface area contributed by atoms with Gasteiger partial charge in [-0.2, -0.15) is 0 Å². The molecular weight excluding hydrogens is 388 g/mol. The van der Waals surface area contributed by atoms with Crippen molar-refractivity contribution in [3.63, 3.8) is 0 Å². The lowest BCUT2D eigenvalue weighted by molar-refractivity contribution is -0.155. The maximum Gasteiger partial charge on any atom is 0.327 e. The van der Waals surface area contributed by atoms with E-state index in [1.54, 1.807) is 13.0 Å². The van der Waals surface area contributed by atoms with Crippen LogP contribution in [0.4, 0.5) is 10.6 Å². The molecule has 1 saturated heterocycles. The zero-order chi connectivity index (χ0) is 20.9. The molecule has 28 heavy (non-hydrogen) atoms. The number of halogens is 1. The van der Waals surface area contributed by atoms with Crippen LogP contribution in [0, 0.1) is 0 Å². The predicted molar refractivity (Wildman–Crippen MR) is 102 cm³/mol. The van der Waals surface area contributed by atoms with Crippen LogP contribution in [0.25, 0.3) is 0 Å². The summed E-state index contributed by atoms with van der Waals surface area (Å²) in [5, 5.41) is 5.50. The van der Waals surface area contributed by atoms with Gasteiger partial charge in [0, 0.05) is 6.20 Å². The molecule has 1 aromatic rings. The van der Waals surface area contributed by atoms with Gasteiger partial charge in [-0.15, -0.1) is 0 Å². The average molecular weight is 411 g/mol. The van der Waals surface area contributed by atoms with Crippen molar-refractivity contribution in [3.8, 4) is 0 Å². The molecule has 2 heterocycles. The molecule has 4 amide bonds. The minimum absolute atomic E-state index is 0.248. The van der Waals surface area contributed by atoms with Crippen molar-refractivity contribution in [2.75, 3.05) is 11.9 Å². The number of esters is 1. The minimum atomic E-state index is -1.14. The van der Waals surface area contributed by atoms with Crippen LogP contribution in [0.2, 0.25) is 5.02 Å². The first-order valence-electron chi connectivity index (χ1n) is 8.92. The van der Waals surface area contributed by atoms with Crippen LogP contribution in [-0.4, -0.2) is 51.9 Å². The van der Waals surface area contributed by atoms with Gasteiger partial charge in [0.15, 0.2) is 6.10 Å². The molecule has 1 aliphatic rings. The maximum absolute atomic E-state index is 12.5. The molecular formula is C18H23ClN4O5. The van der Waals surface area contributed by atoms with E-state index >= 15 is 0 Å². The summed E-state index contributed by atoms with van der Waals surface area (Å²) in [6.07, 6.45) is 2.33. The number of ether oxygens (including phenoxy) is 1. The number of nitrogens with zero attached hydrogens (tertiary/aromatic N) is 2. The van der Waals surface area contributed by atoms with E-state index < -0.39 is 42.0 Å². The molecule has 1 fully saturated rings. The number of imide groups is 1. The second kappa shape index (κ2) is 9.01. The van der Waals surface area contributed by atoms with Crippen molar-refractivity contribution in [2.24, 2.45) is 0 Å². The number of rotatable bonds is 8. The van der Waals surface area contributed by atoms with Gasteiger partial charge in [-0.25, -0.2) is 9.78 Å². The smallest absolute Gasteiger partial charge is 0.327 e. The van der Waals surface area contributed by atoms with Crippen molar-refractivity contribution in [2.45, 2.75) is 51.7 Å². The summed E-state index contributed by atoms with van der Waals surface area (Å²) < 4.78 is 5.04. The van der Waals surface area contributed by atoms with Gasteiger partial charge in [0.05, 0.1) is 5.02 Å². The summed E-state index contributed by atoms with van der Waals surface area (Å²) >= 11 is 5.72. The van der Waals surface area contributed by atoms with Crippen molar-refractivity contribution >= 4 is 41.2 Å². The molecule has 0 spiro atoms. The number of hydrogen-bond acceptors (Lipinski definition) is 6. The summed E-state index contributed by atoms with van der Waals surface area (Å²) in [6, 6.07) is 2.40. The Balaban J connectivity index is 1.90. The SMILES string of the molecule is CCCC[C@]1(C)NC(=O)N(CC(=O)O[C@H](C)C(=O)Nc2ccc(Cl)cn2)C1=O. The monoisotopic (exact) mass is 410 g/mol. The molecule has 2 atom stereocenters. The lowest BCUT2D eigenvalue weighted by atomic mass is 9.95. The number of urea groups is 1. The fourth-order valence-corrected chi connectivity index (χ4v) is 2.80. The first-order chi connectivity index (χ1) is 13.2. The predicted octanol–water partition coefficient (Wildman–Crippen LogP) is 2.11. The Morgan fingerprint density at radius 1 is 1.39 bits per heavy atom. The highest BCUT2D eigenvalue weighted by molar-refractivity contribution is 6.30. The summed E-state index contributed by atoms with van der Waals surface area (Å²) in [4.78, 5) is 53.5. The van der Waals surface area contributed by atoms with Crippen molar-refractivity contribution in [3.05, 3.63) is 23.4 Å². The Morgan fingerprint density at radius 3 is 2.71 bits per heavy atom. The van der Waals surface area contributed by atoms with Crippen LogP contribution in [0.1, 0.15) is 40.0 Å². The average Bonchev–Trinajstić information content (AvgIpc) is 2.85. The van der Waals surface area contributed by atoms with Gasteiger partial charge in [-0.05, 0) is 32.4 Å². The molecule has 0 aromatic carbocycles. The second-order valence-corrected chi connectivity index (χ2v) is 7.18. The number of amides is 4. The molecule has 9 nitrogen and oxygen atoms in total. The Hall–Kier alpha value is -2.68. The van der Waals surface area contributed by atoms with E-state index in [-0.39, 0.29) is 5.82 Å². The summed E-state index contributed by atoms with van der Waals surface area (Å²) in [5.41, 5.74) is -1.03. The Bertz CT molecular complexity index is 770. The standard InChI is InChI=1S/C18H23ClN4O5/c1-4-5-8-18(3)16(26)23(17(27)22-18)10-14(24)28-11(2)15(25)21-13-7-6-12(19)9-20-13/h6-7,9,11H,4-5,8,10H2,1-3H3,(H,22,27)(H,20,21,25)/t11-,18+/m1/s1. The molecule has 10 heteroatoms. The Kier molecular flexibility index (Phi) is 6.95. The van der Waals surface area contributed by atoms with E-state index in [4.69, 9.17) is 16.3 Å². The molecule has 2 N–H and O–H groups in total. The molecule has 0 aliphatic carbocycles. The van der Waals surface area contributed by atoms with Crippen molar-refractivity contribution < 1.29 is 23.9 Å². The number of nitrogens with one attached hydrogen (secondary N) is 2. The van der Waals surface area contributed by atoms with Crippen molar-refractivity contribution in [1.82, 2.24) is 15.2 Å². The van der Waals surface area contributed by atoms with Gasteiger partial charge in [-0.3, -0.25) is 19.3 Å². The highest BCUT2D eigenvalue weighted by atomic mass is 35.5. The molecule has 1 aromatic heterocycles. The number of anilines is 1. The third kappa shape index (κ3) is 5.19. The molecule has 0 saturated carbocycles. The zero-order valence-corrected chi connectivity index (χ0v) is 16.7. The van der Waals surface area contributed by atoms with Gasteiger partial charge < -0.3 is 15.4 Å². The summed E-state index contributed by atoms with van der Waals surface area (Å²) in [6.45, 7) is 4.42. The number of carbonyl (C=O) groups excluding carboxylic acids is 4. The van der Waals surface area contributed by atoms with Gasteiger partial charge in [0.1, 0.15) is 17.9 Å². The van der Waals surface area contributed by atoms with E-state index in [2.05, 4.69) is 15.6 Å². The molecule has 152 valence electrons. The van der Waals surface area contributed by atoms with Crippen molar-refractivity contribution in [1.29, 1.82) is 0 Å². The first kappa shape index (κ1) is 21.6. The normalized spacial score (nSPS) is 19.9. The topological polar surface area (TPSA) is 118 Å². The van der Waals surface area contributed by atoms with E-state index in [0.717, 1.165) is 17.7 Å². The number of pyridine rings is 1. The third-order valence-corrected chi connectivity index (χ3v) is 4.54. The molecule has 0 unspecified atom stereocenters. The van der Waals surface area contributed by atoms with E-state index in [1.807, 2.05) is 6.92 Å². The molecule has 2 rings (SSSR count). The lowest BCUT2D eigenvalue weighted by Gasteiger charge is -2.21. The quantitative estimate of drug-likeness (QED) is 0.500. The zero-order valence-electron chi connectivity index (χ0n) is 16.0. The maximum atomic E-state index is 12.5. The van der Waals surface area contributed by atoms with Gasteiger partial charge in [0.2, 0.25) is 0 Å². The Morgan fingerprint density at radius 2 is 2.11 bits per heavy atom. The van der Waals surface area contributed by atoms with E-state index in [1.165, 1.54) is 19.2 Å². The number of carbonyl (C=O) groups is 4. The number of hydrogen-bond donors (Lipinski definition) is 2. The minimum Gasteiger partial charge on any atom is -0.451 e. The van der Waals surface area contributed by atoms with Gasteiger partial charge in [0.25, 0.3) is 11.8 Å². The van der Waals surface area contributed by atoms with E-state index in [9.17, 15) is 19.2 Å². The van der Waals surface area contributed by atoms with Crippen LogP contribution >= 0.6 is 11.6 Å². The number of aromatic nitrogens is 1. The third-order valence-electron chi connectivity index (χ3n) is 4.32. The van der Waals surface area contributed by atoms with Crippen LogP contribution in [0.5, 0.6) is 0 Å². The number of unbranched alkanes of at least 4 members (excludes halogenated alkanes) is 1. The largest absolute Gasteiger partial charge is 0.451 e. The second-order valence-electron chi connectivity index (χ2n) is 6.74. The first-order valence-corrected chi connectivity index (χ1v) is 9.30. The van der Waals surface area contributed by atoms with Crippen LogP contribution in [-0.2, 0) is 19.1 Å².